The second kappa shape index (κ2) is 6.15. The van der Waals surface area contributed by atoms with Gasteiger partial charge in [-0.1, -0.05) is 39.3 Å². The number of benzene rings is 2. The van der Waals surface area contributed by atoms with E-state index in [0.29, 0.717) is 11.7 Å². The predicted molar refractivity (Wildman–Crippen MR) is 97.5 cm³/mol. The molecular formula is C19H18BrN3O. The summed E-state index contributed by atoms with van der Waals surface area (Å²) < 4.78 is 6.55. The Hall–Kier alpha value is -1.98. The van der Waals surface area contributed by atoms with Gasteiger partial charge in [0.05, 0.1) is 0 Å². The first-order chi connectivity index (χ1) is 11.6. The molecule has 0 fully saturated rings. The van der Waals surface area contributed by atoms with Gasteiger partial charge in [-0.15, -0.1) is 0 Å². The number of aromatic nitrogens is 2. The normalized spacial score (nSPS) is 16.9. The highest BCUT2D eigenvalue weighted by molar-refractivity contribution is 9.10. The lowest BCUT2D eigenvalue weighted by Gasteiger charge is -2.22. The van der Waals surface area contributed by atoms with Crippen LogP contribution in [-0.4, -0.2) is 10.1 Å². The maximum atomic E-state index is 6.19. The van der Waals surface area contributed by atoms with E-state index in [1.807, 2.05) is 31.2 Å². The lowest BCUT2D eigenvalue weighted by Crippen LogP contribution is -2.17. The van der Waals surface area contributed by atoms with E-state index in [2.05, 4.69) is 38.2 Å². The molecule has 122 valence electrons. The van der Waals surface area contributed by atoms with Crippen LogP contribution in [0.15, 0.2) is 45.4 Å². The van der Waals surface area contributed by atoms with Gasteiger partial charge in [0.15, 0.2) is 0 Å². The van der Waals surface area contributed by atoms with Gasteiger partial charge < -0.3 is 10.3 Å². The summed E-state index contributed by atoms with van der Waals surface area (Å²) in [5.74, 6) is 1.16. The van der Waals surface area contributed by atoms with Gasteiger partial charge in [0, 0.05) is 21.6 Å². The van der Waals surface area contributed by atoms with E-state index in [0.717, 1.165) is 40.4 Å². The molecule has 3 aromatic rings. The van der Waals surface area contributed by atoms with Gasteiger partial charge in [-0.25, -0.2) is 0 Å². The molecule has 4 nitrogen and oxygen atoms in total. The Morgan fingerprint density at radius 2 is 2.12 bits per heavy atom. The van der Waals surface area contributed by atoms with Crippen molar-refractivity contribution in [3.63, 3.8) is 0 Å². The van der Waals surface area contributed by atoms with E-state index in [1.165, 1.54) is 11.1 Å². The maximum absolute atomic E-state index is 6.19. The molecule has 1 atom stereocenters. The molecule has 0 saturated carbocycles. The fourth-order valence-electron chi connectivity index (χ4n) is 3.28. The second-order valence-corrected chi connectivity index (χ2v) is 7.10. The molecule has 0 radical (unpaired) electrons. The first kappa shape index (κ1) is 15.5. The molecule has 5 heteroatoms. The molecule has 2 aromatic carbocycles. The van der Waals surface area contributed by atoms with Crippen LogP contribution in [0.25, 0.3) is 22.8 Å². The van der Waals surface area contributed by atoms with Gasteiger partial charge in [0.25, 0.3) is 5.89 Å². The quantitative estimate of drug-likeness (QED) is 0.689. The number of nitrogens with two attached hydrogens (primary N) is 1. The Labute approximate surface area is 149 Å². The van der Waals surface area contributed by atoms with Crippen molar-refractivity contribution in [1.82, 2.24) is 10.1 Å². The number of nitrogens with zero attached hydrogens (tertiary/aromatic N) is 2. The van der Waals surface area contributed by atoms with E-state index in [4.69, 9.17) is 10.3 Å². The summed E-state index contributed by atoms with van der Waals surface area (Å²) in [5.41, 5.74) is 11.8. The zero-order valence-electron chi connectivity index (χ0n) is 13.4. The van der Waals surface area contributed by atoms with Crippen molar-refractivity contribution in [2.45, 2.75) is 32.2 Å². The highest BCUT2D eigenvalue weighted by Crippen LogP contribution is 2.32. The minimum absolute atomic E-state index is 0.144. The summed E-state index contributed by atoms with van der Waals surface area (Å²) >= 11 is 3.54. The SMILES string of the molecule is Cc1c(Br)cccc1-c1noc(-c2ccc3c(c2)CCCC3N)n1. The number of aryl methyl sites for hydroxylation is 1. The average molecular weight is 384 g/mol. The van der Waals surface area contributed by atoms with Gasteiger partial charge in [-0.05, 0) is 61.1 Å². The van der Waals surface area contributed by atoms with Crippen LogP contribution in [0.5, 0.6) is 0 Å². The molecule has 1 aliphatic carbocycles. The van der Waals surface area contributed by atoms with Crippen molar-refractivity contribution >= 4 is 15.9 Å². The summed E-state index contributed by atoms with van der Waals surface area (Å²) in [6, 6.07) is 12.4. The van der Waals surface area contributed by atoms with Crippen LogP contribution in [0, 0.1) is 6.92 Å². The summed E-state index contributed by atoms with van der Waals surface area (Å²) in [4.78, 5) is 4.59. The van der Waals surface area contributed by atoms with E-state index >= 15 is 0 Å². The van der Waals surface area contributed by atoms with Crippen molar-refractivity contribution in [3.05, 3.63) is 57.6 Å². The Balaban J connectivity index is 1.72. The van der Waals surface area contributed by atoms with Crippen LogP contribution >= 0.6 is 15.9 Å². The predicted octanol–water partition coefficient (Wildman–Crippen LogP) is 4.81. The lowest BCUT2D eigenvalue weighted by molar-refractivity contribution is 0.432. The zero-order chi connectivity index (χ0) is 16.7. The molecule has 1 unspecified atom stereocenters. The third-order valence-corrected chi connectivity index (χ3v) is 5.54. The molecule has 1 aliphatic rings. The molecule has 0 spiro atoms. The Morgan fingerprint density at radius 1 is 1.25 bits per heavy atom. The first-order valence-corrected chi connectivity index (χ1v) is 8.91. The number of hydrogen-bond acceptors (Lipinski definition) is 4. The Kier molecular flexibility index (Phi) is 3.98. The average Bonchev–Trinajstić information content (AvgIpc) is 3.07. The van der Waals surface area contributed by atoms with Crippen molar-refractivity contribution in [3.8, 4) is 22.8 Å². The van der Waals surface area contributed by atoms with Crippen molar-refractivity contribution in [1.29, 1.82) is 0 Å². The van der Waals surface area contributed by atoms with E-state index < -0.39 is 0 Å². The summed E-state index contributed by atoms with van der Waals surface area (Å²) in [6.45, 7) is 2.04. The van der Waals surface area contributed by atoms with E-state index in [-0.39, 0.29) is 6.04 Å². The fourth-order valence-corrected chi connectivity index (χ4v) is 3.65. The van der Waals surface area contributed by atoms with E-state index in [9.17, 15) is 0 Å². The molecule has 0 amide bonds. The molecule has 0 bridgehead atoms. The second-order valence-electron chi connectivity index (χ2n) is 6.25. The molecule has 1 aromatic heterocycles. The van der Waals surface area contributed by atoms with Gasteiger partial charge in [-0.2, -0.15) is 4.98 Å². The van der Waals surface area contributed by atoms with Crippen LogP contribution in [0.3, 0.4) is 0 Å². The van der Waals surface area contributed by atoms with Crippen LogP contribution in [0.2, 0.25) is 0 Å². The van der Waals surface area contributed by atoms with Gasteiger partial charge >= 0.3 is 0 Å². The standard InChI is InChI=1S/C19H18BrN3O/c1-11-14(5-3-6-16(11)20)18-22-19(24-23-18)13-8-9-15-12(10-13)4-2-7-17(15)21/h3,5-6,8-10,17H,2,4,7,21H2,1H3. The van der Waals surface area contributed by atoms with Gasteiger partial charge in [-0.3, -0.25) is 0 Å². The Bertz CT molecular complexity index is 903. The highest BCUT2D eigenvalue weighted by Gasteiger charge is 2.19. The molecule has 0 saturated heterocycles. The number of hydrogen-bond donors (Lipinski definition) is 1. The molecule has 24 heavy (non-hydrogen) atoms. The first-order valence-electron chi connectivity index (χ1n) is 8.11. The topological polar surface area (TPSA) is 64.9 Å². The molecular weight excluding hydrogens is 366 g/mol. The molecule has 0 aliphatic heterocycles. The summed E-state index contributed by atoms with van der Waals surface area (Å²) in [7, 11) is 0. The molecule has 2 N–H and O–H groups in total. The van der Waals surface area contributed by atoms with Crippen LogP contribution in [-0.2, 0) is 6.42 Å². The number of fused-ring (bicyclic) bond motifs is 1. The van der Waals surface area contributed by atoms with Gasteiger partial charge in [0.2, 0.25) is 5.82 Å². The van der Waals surface area contributed by atoms with Crippen molar-refractivity contribution < 1.29 is 4.52 Å². The van der Waals surface area contributed by atoms with Crippen molar-refractivity contribution in [2.75, 3.05) is 0 Å². The zero-order valence-corrected chi connectivity index (χ0v) is 15.0. The smallest absolute Gasteiger partial charge is 0.258 e. The van der Waals surface area contributed by atoms with Gasteiger partial charge in [0.1, 0.15) is 0 Å². The third kappa shape index (κ3) is 2.68. The van der Waals surface area contributed by atoms with Crippen LogP contribution in [0.4, 0.5) is 0 Å². The van der Waals surface area contributed by atoms with Crippen molar-refractivity contribution in [2.24, 2.45) is 5.73 Å². The third-order valence-electron chi connectivity index (χ3n) is 4.69. The Morgan fingerprint density at radius 3 is 3.00 bits per heavy atom. The minimum Gasteiger partial charge on any atom is -0.334 e. The monoisotopic (exact) mass is 383 g/mol. The minimum atomic E-state index is 0.144. The lowest BCUT2D eigenvalue weighted by atomic mass is 9.87. The summed E-state index contributed by atoms with van der Waals surface area (Å²) in [6.07, 6.45) is 3.24. The maximum Gasteiger partial charge on any atom is 0.258 e. The van der Waals surface area contributed by atoms with Crippen LogP contribution in [0.1, 0.15) is 35.6 Å². The number of halogens is 1. The van der Waals surface area contributed by atoms with E-state index in [1.54, 1.807) is 0 Å². The largest absolute Gasteiger partial charge is 0.334 e. The summed E-state index contributed by atoms with van der Waals surface area (Å²) in [5, 5.41) is 4.16. The molecule has 4 rings (SSSR count). The van der Waals surface area contributed by atoms with Crippen LogP contribution < -0.4 is 5.73 Å². The molecule has 1 heterocycles. The number of rotatable bonds is 2. The highest BCUT2D eigenvalue weighted by atomic mass is 79.9. The fraction of sp³-hybridized carbons (Fsp3) is 0.263.